The van der Waals surface area contributed by atoms with Crippen molar-refractivity contribution in [2.75, 3.05) is 13.7 Å². The molecular weight excluding hydrogens is 553 g/mol. The van der Waals surface area contributed by atoms with Gasteiger partial charge in [-0.25, -0.2) is 4.98 Å². The topological polar surface area (TPSA) is 65.5 Å². The molecule has 2 aromatic carbocycles. The number of para-hydroxylation sites is 1. The fourth-order valence-electron chi connectivity index (χ4n) is 4.16. The van der Waals surface area contributed by atoms with Gasteiger partial charge in [-0.1, -0.05) is 62.0 Å². The average molecular weight is 589 g/mol. The second kappa shape index (κ2) is 14.8. The fraction of sp³-hybridized carbons (Fsp3) is 0.387. The molecule has 0 saturated heterocycles. The zero-order valence-electron chi connectivity index (χ0n) is 23.1. The fourth-order valence-corrected chi connectivity index (χ4v) is 5.54. The summed E-state index contributed by atoms with van der Waals surface area (Å²) in [6, 6.07) is 9.20. The summed E-state index contributed by atoms with van der Waals surface area (Å²) in [6.45, 7) is 8.18. The molecule has 0 aliphatic heterocycles. The Hall–Kier alpha value is -2.51. The first kappa shape index (κ1) is 31.0. The van der Waals surface area contributed by atoms with Crippen molar-refractivity contribution in [2.24, 2.45) is 0 Å². The van der Waals surface area contributed by atoms with Crippen LogP contribution in [-0.4, -0.2) is 30.3 Å². The van der Waals surface area contributed by atoms with Crippen LogP contribution in [0.5, 0.6) is 5.75 Å². The van der Waals surface area contributed by atoms with Gasteiger partial charge in [-0.05, 0) is 56.5 Å². The van der Waals surface area contributed by atoms with E-state index in [9.17, 15) is 9.59 Å². The van der Waals surface area contributed by atoms with Crippen LogP contribution in [0.4, 0.5) is 0 Å². The number of allylic oxidation sites excluding steroid dienone is 1. The van der Waals surface area contributed by atoms with Gasteiger partial charge in [0, 0.05) is 34.2 Å². The SMILES string of the molecule is CCCCOC(CCC)c1cccc(-c2csc(CC(=O)c3cc(Cl)c(/C=C(\C)C(C)=O)c(Cl)c3)n2)c1OC. The number of ketones is 2. The summed E-state index contributed by atoms with van der Waals surface area (Å²) in [5.74, 6) is 0.527. The molecule has 1 aromatic heterocycles. The number of ether oxygens (including phenoxy) is 2. The first-order valence-electron chi connectivity index (χ1n) is 13.1. The lowest BCUT2D eigenvalue weighted by Crippen LogP contribution is -2.08. The molecule has 0 saturated carbocycles. The van der Waals surface area contributed by atoms with Gasteiger partial charge in [0.1, 0.15) is 10.8 Å². The molecule has 1 unspecified atom stereocenters. The molecule has 0 aliphatic carbocycles. The third-order valence-corrected chi connectivity index (χ3v) is 7.90. The Morgan fingerprint density at radius 3 is 2.44 bits per heavy atom. The summed E-state index contributed by atoms with van der Waals surface area (Å²) in [7, 11) is 1.67. The quantitative estimate of drug-likeness (QED) is 0.107. The Kier molecular flexibility index (Phi) is 11.7. The number of Topliss-reactive ketones (excluding diaryl/α,β-unsaturated/α-hetero) is 2. The van der Waals surface area contributed by atoms with Crippen molar-refractivity contribution in [3.05, 3.63) is 73.0 Å². The number of unbranched alkanes of at least 4 members (excludes halogenated alkanes) is 1. The van der Waals surface area contributed by atoms with Crippen LogP contribution in [0.2, 0.25) is 10.0 Å². The zero-order valence-corrected chi connectivity index (χ0v) is 25.4. The molecule has 1 atom stereocenters. The van der Waals surface area contributed by atoms with E-state index < -0.39 is 0 Å². The molecule has 0 bridgehead atoms. The molecular formula is C31H35Cl2NO4S. The van der Waals surface area contributed by atoms with Crippen molar-refractivity contribution in [1.29, 1.82) is 0 Å². The standard InChI is InChI=1S/C31H35Cl2NO4S/c1-6-8-13-38-29(10-7-2)23-12-9-11-22(31(23)37-5)27-18-39-30(34-27)17-28(36)21-15-25(32)24(26(33)16-21)14-19(3)20(4)35/h9,11-12,14-16,18,29H,6-8,10,13,17H2,1-5H3/b19-14+. The van der Waals surface area contributed by atoms with E-state index in [0.717, 1.165) is 48.3 Å². The molecule has 0 aliphatic rings. The minimum Gasteiger partial charge on any atom is -0.496 e. The molecule has 0 radical (unpaired) electrons. The summed E-state index contributed by atoms with van der Waals surface area (Å²) in [5.41, 5.74) is 4.07. The smallest absolute Gasteiger partial charge is 0.169 e. The summed E-state index contributed by atoms with van der Waals surface area (Å²) < 4.78 is 12.1. The van der Waals surface area contributed by atoms with Crippen molar-refractivity contribution in [1.82, 2.24) is 4.98 Å². The number of benzene rings is 2. The van der Waals surface area contributed by atoms with E-state index in [-0.39, 0.29) is 24.1 Å². The number of hydrogen-bond acceptors (Lipinski definition) is 6. The van der Waals surface area contributed by atoms with Crippen LogP contribution in [0.15, 0.2) is 41.3 Å². The van der Waals surface area contributed by atoms with Crippen LogP contribution in [0.3, 0.4) is 0 Å². The number of rotatable bonds is 14. The Labute approximate surface area is 245 Å². The largest absolute Gasteiger partial charge is 0.496 e. The third-order valence-electron chi connectivity index (χ3n) is 6.42. The lowest BCUT2D eigenvalue weighted by molar-refractivity contribution is -0.113. The first-order valence-corrected chi connectivity index (χ1v) is 14.8. The number of halogens is 2. The highest BCUT2D eigenvalue weighted by Crippen LogP contribution is 2.39. The van der Waals surface area contributed by atoms with Gasteiger partial charge in [-0.15, -0.1) is 11.3 Å². The maximum atomic E-state index is 13.1. The molecule has 3 rings (SSSR count). The van der Waals surface area contributed by atoms with Crippen molar-refractivity contribution in [2.45, 2.75) is 65.9 Å². The van der Waals surface area contributed by atoms with Gasteiger partial charge in [-0.2, -0.15) is 0 Å². The number of carbonyl (C=O) groups is 2. The van der Waals surface area contributed by atoms with Crippen molar-refractivity contribution >= 4 is 52.2 Å². The highest BCUT2D eigenvalue weighted by molar-refractivity contribution is 7.10. The van der Waals surface area contributed by atoms with Crippen LogP contribution >= 0.6 is 34.5 Å². The summed E-state index contributed by atoms with van der Waals surface area (Å²) in [6.07, 6.45) is 5.68. The zero-order chi connectivity index (χ0) is 28.5. The van der Waals surface area contributed by atoms with Crippen LogP contribution in [0.25, 0.3) is 17.3 Å². The maximum Gasteiger partial charge on any atom is 0.169 e. The monoisotopic (exact) mass is 587 g/mol. The van der Waals surface area contributed by atoms with Crippen LogP contribution in [-0.2, 0) is 16.0 Å². The van der Waals surface area contributed by atoms with Gasteiger partial charge in [0.05, 0.1) is 35.4 Å². The maximum absolute atomic E-state index is 13.1. The Morgan fingerprint density at radius 1 is 1.10 bits per heavy atom. The first-order chi connectivity index (χ1) is 18.7. The van der Waals surface area contributed by atoms with Crippen LogP contribution in [0, 0.1) is 0 Å². The summed E-state index contributed by atoms with van der Waals surface area (Å²) >= 11 is 14.3. The average Bonchev–Trinajstić information content (AvgIpc) is 3.37. The Bertz CT molecular complexity index is 1330. The number of nitrogens with zero attached hydrogens (tertiary/aromatic N) is 1. The van der Waals surface area contributed by atoms with Crippen molar-refractivity contribution in [3.8, 4) is 17.0 Å². The van der Waals surface area contributed by atoms with E-state index in [2.05, 4.69) is 19.9 Å². The predicted octanol–water partition coefficient (Wildman–Crippen LogP) is 9.20. The molecule has 0 spiro atoms. The van der Waals surface area contributed by atoms with E-state index in [0.29, 0.717) is 38.4 Å². The summed E-state index contributed by atoms with van der Waals surface area (Å²) in [5, 5.41) is 3.25. The summed E-state index contributed by atoms with van der Waals surface area (Å²) in [4.78, 5) is 29.5. The third kappa shape index (κ3) is 8.01. The minimum atomic E-state index is -0.147. The molecule has 8 heteroatoms. The van der Waals surface area contributed by atoms with E-state index in [1.54, 1.807) is 32.2 Å². The number of aromatic nitrogens is 1. The molecule has 39 heavy (non-hydrogen) atoms. The second-order valence-electron chi connectivity index (χ2n) is 9.39. The van der Waals surface area contributed by atoms with Crippen molar-refractivity contribution in [3.63, 3.8) is 0 Å². The molecule has 0 amide bonds. The Balaban J connectivity index is 1.85. The molecule has 0 fully saturated rings. The highest BCUT2D eigenvalue weighted by Gasteiger charge is 2.21. The van der Waals surface area contributed by atoms with Crippen LogP contribution < -0.4 is 4.74 Å². The molecule has 208 valence electrons. The van der Waals surface area contributed by atoms with E-state index in [1.807, 2.05) is 17.5 Å². The Morgan fingerprint density at radius 2 is 1.82 bits per heavy atom. The van der Waals surface area contributed by atoms with Gasteiger partial charge in [0.15, 0.2) is 11.6 Å². The van der Waals surface area contributed by atoms with Gasteiger partial charge in [-0.3, -0.25) is 9.59 Å². The number of carbonyl (C=O) groups excluding carboxylic acids is 2. The highest BCUT2D eigenvalue weighted by atomic mass is 35.5. The molecule has 0 N–H and O–H groups in total. The number of thiazole rings is 1. The minimum absolute atomic E-state index is 0.0531. The van der Waals surface area contributed by atoms with Gasteiger partial charge < -0.3 is 9.47 Å². The normalized spacial score (nSPS) is 12.4. The van der Waals surface area contributed by atoms with E-state index in [4.69, 9.17) is 37.7 Å². The van der Waals surface area contributed by atoms with Crippen LogP contribution in [0.1, 0.15) is 86.0 Å². The lowest BCUT2D eigenvalue weighted by Gasteiger charge is -2.21. The predicted molar refractivity (Wildman–Crippen MR) is 161 cm³/mol. The second-order valence-corrected chi connectivity index (χ2v) is 11.2. The van der Waals surface area contributed by atoms with Crippen molar-refractivity contribution < 1.29 is 19.1 Å². The number of methoxy groups -OCH3 is 1. The molecule has 3 aromatic rings. The number of hydrogen-bond donors (Lipinski definition) is 0. The lowest BCUT2D eigenvalue weighted by atomic mass is 9.99. The molecule has 1 heterocycles. The van der Waals surface area contributed by atoms with Gasteiger partial charge in [0.2, 0.25) is 0 Å². The van der Waals surface area contributed by atoms with Gasteiger partial charge in [0.25, 0.3) is 0 Å². The van der Waals surface area contributed by atoms with E-state index in [1.165, 1.54) is 18.3 Å². The van der Waals surface area contributed by atoms with Gasteiger partial charge >= 0.3 is 0 Å². The molecule has 5 nitrogen and oxygen atoms in total. The van der Waals surface area contributed by atoms with E-state index >= 15 is 0 Å².